The van der Waals surface area contributed by atoms with Crippen LogP contribution in [0.2, 0.25) is 0 Å². The molecule has 0 aliphatic carbocycles. The van der Waals surface area contributed by atoms with Gasteiger partial charge in [0.05, 0.1) is 11.4 Å². The molecular formula is C22H22N4O3. The molecule has 2 aliphatic heterocycles. The van der Waals surface area contributed by atoms with Crippen molar-refractivity contribution in [3.63, 3.8) is 0 Å². The number of fused-ring (bicyclic) bond motifs is 4. The molecule has 2 atom stereocenters. The zero-order valence-corrected chi connectivity index (χ0v) is 16.5. The average Bonchev–Trinajstić information content (AvgIpc) is 3.06. The Bertz CT molecular complexity index is 1130. The third kappa shape index (κ3) is 2.97. The van der Waals surface area contributed by atoms with Crippen molar-refractivity contribution in [2.24, 2.45) is 5.92 Å². The SMILES string of the molecule is Cc1noc(C)c1C(=O)N1C[C@@H]2C[C@H](C1)c1cc(-c3ccccn3)cc(=O)n1C2. The van der Waals surface area contributed by atoms with Gasteiger partial charge in [-0.05, 0) is 44.4 Å². The number of piperidine rings is 1. The Morgan fingerprint density at radius 1 is 1.17 bits per heavy atom. The summed E-state index contributed by atoms with van der Waals surface area (Å²) in [6, 6.07) is 9.42. The van der Waals surface area contributed by atoms with Crippen LogP contribution in [0.25, 0.3) is 11.3 Å². The molecule has 29 heavy (non-hydrogen) atoms. The van der Waals surface area contributed by atoms with E-state index in [9.17, 15) is 9.59 Å². The molecule has 0 spiro atoms. The van der Waals surface area contributed by atoms with Gasteiger partial charge in [0.25, 0.3) is 11.5 Å². The van der Waals surface area contributed by atoms with Crippen molar-refractivity contribution < 1.29 is 9.32 Å². The molecule has 1 fully saturated rings. The van der Waals surface area contributed by atoms with Crippen LogP contribution in [0.1, 0.15) is 39.8 Å². The Labute approximate surface area is 168 Å². The highest BCUT2D eigenvalue weighted by atomic mass is 16.5. The van der Waals surface area contributed by atoms with E-state index in [1.165, 1.54) is 0 Å². The van der Waals surface area contributed by atoms with Crippen LogP contribution in [-0.2, 0) is 6.54 Å². The number of nitrogens with zero attached hydrogens (tertiary/aromatic N) is 4. The van der Waals surface area contributed by atoms with E-state index in [0.717, 1.165) is 23.4 Å². The zero-order valence-electron chi connectivity index (χ0n) is 16.5. The average molecular weight is 390 g/mol. The number of aryl methyl sites for hydroxylation is 2. The Morgan fingerprint density at radius 2 is 2.03 bits per heavy atom. The zero-order chi connectivity index (χ0) is 20.1. The molecule has 2 bridgehead atoms. The number of hydrogen-bond donors (Lipinski definition) is 0. The quantitative estimate of drug-likeness (QED) is 0.672. The molecule has 2 aliphatic rings. The maximum absolute atomic E-state index is 13.1. The highest BCUT2D eigenvalue weighted by Crippen LogP contribution is 2.37. The predicted octanol–water partition coefficient (Wildman–Crippen LogP) is 2.77. The molecule has 5 rings (SSSR count). The van der Waals surface area contributed by atoms with E-state index >= 15 is 0 Å². The first-order valence-corrected chi connectivity index (χ1v) is 9.89. The number of rotatable bonds is 2. The third-order valence-corrected chi connectivity index (χ3v) is 6.05. The van der Waals surface area contributed by atoms with Crippen molar-refractivity contribution in [2.75, 3.05) is 13.1 Å². The molecule has 3 aromatic heterocycles. The molecule has 1 saturated heterocycles. The topological polar surface area (TPSA) is 81.2 Å². The summed E-state index contributed by atoms with van der Waals surface area (Å²) in [6.07, 6.45) is 2.71. The van der Waals surface area contributed by atoms with Crippen LogP contribution in [-0.4, -0.2) is 38.6 Å². The monoisotopic (exact) mass is 390 g/mol. The lowest BCUT2D eigenvalue weighted by Gasteiger charge is -2.42. The van der Waals surface area contributed by atoms with Gasteiger partial charge in [-0.25, -0.2) is 0 Å². The Morgan fingerprint density at radius 3 is 2.76 bits per heavy atom. The van der Waals surface area contributed by atoms with Crippen LogP contribution in [0.4, 0.5) is 0 Å². The van der Waals surface area contributed by atoms with Gasteiger partial charge in [0, 0.05) is 49.1 Å². The lowest BCUT2D eigenvalue weighted by molar-refractivity contribution is 0.0592. The Balaban J connectivity index is 1.50. The largest absolute Gasteiger partial charge is 0.361 e. The van der Waals surface area contributed by atoms with E-state index in [1.807, 2.05) is 27.7 Å². The van der Waals surface area contributed by atoms with Gasteiger partial charge < -0.3 is 14.0 Å². The highest BCUT2D eigenvalue weighted by Gasteiger charge is 2.38. The van der Waals surface area contributed by atoms with Gasteiger partial charge in [0.2, 0.25) is 0 Å². The second-order valence-corrected chi connectivity index (χ2v) is 8.04. The smallest absolute Gasteiger partial charge is 0.259 e. The van der Waals surface area contributed by atoms with Gasteiger partial charge in [-0.1, -0.05) is 11.2 Å². The summed E-state index contributed by atoms with van der Waals surface area (Å²) in [6.45, 7) is 5.44. The summed E-state index contributed by atoms with van der Waals surface area (Å²) >= 11 is 0. The van der Waals surface area contributed by atoms with Gasteiger partial charge in [-0.15, -0.1) is 0 Å². The van der Waals surface area contributed by atoms with Gasteiger partial charge in [0.15, 0.2) is 0 Å². The standard InChI is InChI=1S/C22H22N4O3/c1-13-21(14(2)29-24-13)22(28)25-10-15-7-17(12-25)19-8-16(9-20(27)26(19)11-15)18-5-3-4-6-23-18/h3-6,8-9,15,17H,7,10-12H2,1-2H3/t15-,17+/m0/s1. The van der Waals surface area contributed by atoms with Crippen LogP contribution in [0.15, 0.2) is 45.8 Å². The van der Waals surface area contributed by atoms with Gasteiger partial charge in [0.1, 0.15) is 11.3 Å². The van der Waals surface area contributed by atoms with Gasteiger partial charge in [-0.3, -0.25) is 14.6 Å². The normalized spacial score (nSPS) is 20.4. The molecule has 0 aromatic carbocycles. The lowest BCUT2D eigenvalue weighted by atomic mass is 9.82. The summed E-state index contributed by atoms with van der Waals surface area (Å²) in [7, 11) is 0. The van der Waals surface area contributed by atoms with Crippen LogP contribution in [0.3, 0.4) is 0 Å². The van der Waals surface area contributed by atoms with E-state index in [0.29, 0.717) is 36.7 Å². The molecule has 7 heteroatoms. The first-order valence-electron chi connectivity index (χ1n) is 9.89. The van der Waals surface area contributed by atoms with E-state index in [1.54, 1.807) is 26.1 Å². The number of pyridine rings is 2. The summed E-state index contributed by atoms with van der Waals surface area (Å²) in [5.74, 6) is 0.914. The van der Waals surface area contributed by atoms with E-state index in [4.69, 9.17) is 4.52 Å². The van der Waals surface area contributed by atoms with Gasteiger partial charge in [-0.2, -0.15) is 0 Å². The summed E-state index contributed by atoms with van der Waals surface area (Å²) < 4.78 is 7.07. The fourth-order valence-corrected chi connectivity index (χ4v) is 4.75. The lowest BCUT2D eigenvalue weighted by Crippen LogP contribution is -2.49. The van der Waals surface area contributed by atoms with Crippen molar-refractivity contribution in [1.82, 2.24) is 19.6 Å². The van der Waals surface area contributed by atoms with E-state index in [2.05, 4.69) is 16.2 Å². The minimum Gasteiger partial charge on any atom is -0.361 e. The minimum absolute atomic E-state index is 0.00310. The van der Waals surface area contributed by atoms with Gasteiger partial charge >= 0.3 is 0 Å². The van der Waals surface area contributed by atoms with E-state index < -0.39 is 0 Å². The molecule has 148 valence electrons. The fraction of sp³-hybridized carbons (Fsp3) is 0.364. The molecule has 0 radical (unpaired) electrons. The fourth-order valence-electron chi connectivity index (χ4n) is 4.75. The minimum atomic E-state index is -0.0346. The number of likely N-dealkylation sites (tertiary alicyclic amines) is 1. The van der Waals surface area contributed by atoms with Crippen molar-refractivity contribution >= 4 is 5.91 Å². The molecule has 0 N–H and O–H groups in total. The van der Waals surface area contributed by atoms with Crippen LogP contribution in [0.5, 0.6) is 0 Å². The van der Waals surface area contributed by atoms with Crippen molar-refractivity contribution in [3.05, 3.63) is 69.6 Å². The number of hydrogen-bond acceptors (Lipinski definition) is 5. The maximum atomic E-state index is 13.1. The molecule has 0 saturated carbocycles. The Hall–Kier alpha value is -3.22. The van der Waals surface area contributed by atoms with Crippen LogP contribution in [0, 0.1) is 19.8 Å². The second-order valence-electron chi connectivity index (χ2n) is 8.04. The molecule has 0 unspecified atom stereocenters. The first-order chi connectivity index (χ1) is 14.0. The van der Waals surface area contributed by atoms with Crippen molar-refractivity contribution in [2.45, 2.75) is 32.7 Å². The summed E-state index contributed by atoms with van der Waals surface area (Å²) in [4.78, 5) is 32.2. The first kappa shape index (κ1) is 17.8. The summed E-state index contributed by atoms with van der Waals surface area (Å²) in [5, 5.41) is 3.92. The number of amides is 1. The molecule has 3 aromatic rings. The maximum Gasteiger partial charge on any atom is 0.259 e. The Kier molecular flexibility index (Phi) is 4.12. The van der Waals surface area contributed by atoms with E-state index in [-0.39, 0.29) is 23.3 Å². The van der Waals surface area contributed by atoms with Crippen LogP contribution >= 0.6 is 0 Å². The molecule has 1 amide bonds. The number of carbonyl (C=O) groups is 1. The second kappa shape index (κ2) is 6.69. The summed E-state index contributed by atoms with van der Waals surface area (Å²) in [5.41, 5.74) is 3.79. The van der Waals surface area contributed by atoms with Crippen LogP contribution < -0.4 is 5.56 Å². The highest BCUT2D eigenvalue weighted by molar-refractivity contribution is 5.96. The molecule has 5 heterocycles. The molecular weight excluding hydrogens is 368 g/mol. The molecule has 7 nitrogen and oxygen atoms in total. The number of aromatic nitrogens is 3. The van der Waals surface area contributed by atoms with Crippen molar-refractivity contribution in [3.8, 4) is 11.3 Å². The third-order valence-electron chi connectivity index (χ3n) is 6.05. The number of carbonyl (C=O) groups excluding carboxylic acids is 1. The predicted molar refractivity (Wildman–Crippen MR) is 107 cm³/mol. The van der Waals surface area contributed by atoms with Crippen molar-refractivity contribution in [1.29, 1.82) is 0 Å².